The van der Waals surface area contributed by atoms with Gasteiger partial charge in [0.1, 0.15) is 17.5 Å². The third-order valence-electron chi connectivity index (χ3n) is 5.42. The lowest BCUT2D eigenvalue weighted by atomic mass is 9.95. The summed E-state index contributed by atoms with van der Waals surface area (Å²) in [4.78, 5) is 31.7. The molecule has 1 aliphatic heterocycles. The molecule has 0 bridgehead atoms. The Bertz CT molecular complexity index is 1430. The standard InChI is InChI=1S/C26H26N2O5S/c1-4-14-33-20-13-9-7-11-18(20)23-22(25(31)32-5-2)16(3)27-26-28(23)24(30)21(34-26)15-17-10-6-8-12-19(17)29/h6-13,15,23,29H,4-5,14H2,1-3H3. The summed E-state index contributed by atoms with van der Waals surface area (Å²) in [5, 5.41) is 10.2. The molecule has 1 aromatic heterocycles. The van der Waals surface area contributed by atoms with Crippen molar-refractivity contribution in [2.75, 3.05) is 13.2 Å². The van der Waals surface area contributed by atoms with Crippen molar-refractivity contribution in [1.29, 1.82) is 0 Å². The largest absolute Gasteiger partial charge is 0.507 e. The van der Waals surface area contributed by atoms with Gasteiger partial charge in [-0.3, -0.25) is 9.36 Å². The first-order valence-electron chi connectivity index (χ1n) is 11.2. The van der Waals surface area contributed by atoms with Gasteiger partial charge in [0, 0.05) is 11.1 Å². The van der Waals surface area contributed by atoms with Gasteiger partial charge in [-0.2, -0.15) is 0 Å². The van der Waals surface area contributed by atoms with Crippen LogP contribution in [-0.4, -0.2) is 28.9 Å². The molecule has 2 heterocycles. The molecule has 1 N–H and O–H groups in total. The summed E-state index contributed by atoms with van der Waals surface area (Å²) in [6.45, 7) is 6.20. The van der Waals surface area contributed by atoms with Crippen LogP contribution in [0.5, 0.6) is 11.5 Å². The Morgan fingerprint density at radius 1 is 1.18 bits per heavy atom. The minimum Gasteiger partial charge on any atom is -0.507 e. The highest BCUT2D eigenvalue weighted by Gasteiger charge is 2.35. The van der Waals surface area contributed by atoms with Gasteiger partial charge in [-0.25, -0.2) is 9.79 Å². The van der Waals surface area contributed by atoms with E-state index in [9.17, 15) is 14.7 Å². The molecular weight excluding hydrogens is 452 g/mol. The number of hydrogen-bond acceptors (Lipinski definition) is 7. The Balaban J connectivity index is 1.98. The normalized spacial score (nSPS) is 15.6. The lowest BCUT2D eigenvalue weighted by molar-refractivity contribution is -0.139. The van der Waals surface area contributed by atoms with Crippen LogP contribution in [0.1, 0.15) is 44.4 Å². The zero-order valence-corrected chi connectivity index (χ0v) is 20.1. The molecule has 1 atom stereocenters. The van der Waals surface area contributed by atoms with Crippen LogP contribution in [0.15, 0.2) is 69.6 Å². The number of para-hydroxylation sites is 2. The van der Waals surface area contributed by atoms with Gasteiger partial charge in [0.25, 0.3) is 5.56 Å². The molecule has 176 valence electrons. The van der Waals surface area contributed by atoms with Crippen molar-refractivity contribution in [3.8, 4) is 11.5 Å². The summed E-state index contributed by atoms with van der Waals surface area (Å²) in [7, 11) is 0. The molecule has 0 spiro atoms. The minimum atomic E-state index is -0.755. The van der Waals surface area contributed by atoms with E-state index in [0.717, 1.165) is 6.42 Å². The van der Waals surface area contributed by atoms with Crippen LogP contribution in [0.25, 0.3) is 6.08 Å². The van der Waals surface area contributed by atoms with Gasteiger partial charge in [-0.05, 0) is 38.5 Å². The van der Waals surface area contributed by atoms with Crippen molar-refractivity contribution in [3.05, 3.63) is 90.6 Å². The van der Waals surface area contributed by atoms with E-state index < -0.39 is 12.0 Å². The molecule has 2 aromatic carbocycles. The molecule has 0 fully saturated rings. The highest BCUT2D eigenvalue weighted by atomic mass is 32.1. The van der Waals surface area contributed by atoms with Gasteiger partial charge in [0.2, 0.25) is 0 Å². The second-order valence-corrected chi connectivity index (χ2v) is 8.76. The Hall–Kier alpha value is -3.65. The lowest BCUT2D eigenvalue weighted by Crippen LogP contribution is -2.40. The van der Waals surface area contributed by atoms with Crippen LogP contribution in [0.3, 0.4) is 0 Å². The first kappa shape index (κ1) is 23.5. The Kier molecular flexibility index (Phi) is 6.98. The van der Waals surface area contributed by atoms with E-state index in [1.165, 1.54) is 15.9 Å². The van der Waals surface area contributed by atoms with Crippen LogP contribution in [0, 0.1) is 0 Å². The maximum atomic E-state index is 13.7. The fourth-order valence-electron chi connectivity index (χ4n) is 3.89. The number of phenols is 1. The van der Waals surface area contributed by atoms with Gasteiger partial charge >= 0.3 is 5.97 Å². The molecule has 0 aliphatic carbocycles. The van der Waals surface area contributed by atoms with Gasteiger partial charge in [-0.1, -0.05) is 54.7 Å². The van der Waals surface area contributed by atoms with E-state index >= 15 is 0 Å². The third-order valence-corrected chi connectivity index (χ3v) is 6.40. The second kappa shape index (κ2) is 10.1. The molecule has 4 rings (SSSR count). The number of carbonyl (C=O) groups excluding carboxylic acids is 1. The number of rotatable bonds is 7. The monoisotopic (exact) mass is 478 g/mol. The maximum absolute atomic E-state index is 13.7. The summed E-state index contributed by atoms with van der Waals surface area (Å²) in [5.41, 5.74) is 1.69. The molecule has 0 saturated carbocycles. The molecule has 7 nitrogen and oxygen atoms in total. The Labute approximate surface area is 200 Å². The summed E-state index contributed by atoms with van der Waals surface area (Å²) in [5.74, 6) is 0.154. The average Bonchev–Trinajstić information content (AvgIpc) is 3.13. The number of esters is 1. The quantitative estimate of drug-likeness (QED) is 0.527. The van der Waals surface area contributed by atoms with Crippen LogP contribution in [0.2, 0.25) is 0 Å². The summed E-state index contributed by atoms with van der Waals surface area (Å²) >= 11 is 1.21. The number of thiazole rings is 1. The van der Waals surface area contributed by atoms with Crippen molar-refractivity contribution in [3.63, 3.8) is 0 Å². The molecule has 34 heavy (non-hydrogen) atoms. The van der Waals surface area contributed by atoms with Crippen LogP contribution in [-0.2, 0) is 9.53 Å². The molecule has 3 aromatic rings. The average molecular weight is 479 g/mol. The smallest absolute Gasteiger partial charge is 0.338 e. The van der Waals surface area contributed by atoms with Crippen molar-refractivity contribution in [2.45, 2.75) is 33.2 Å². The van der Waals surface area contributed by atoms with Crippen LogP contribution in [0.4, 0.5) is 0 Å². The van der Waals surface area contributed by atoms with E-state index in [1.54, 1.807) is 44.2 Å². The van der Waals surface area contributed by atoms with Crippen molar-refractivity contribution in [2.24, 2.45) is 4.99 Å². The maximum Gasteiger partial charge on any atom is 0.338 e. The molecular formula is C26H26N2O5S. The highest BCUT2D eigenvalue weighted by Crippen LogP contribution is 2.35. The summed E-state index contributed by atoms with van der Waals surface area (Å²) < 4.78 is 13.2. The number of aromatic hydroxyl groups is 1. The van der Waals surface area contributed by atoms with Crippen molar-refractivity contribution >= 4 is 23.4 Å². The molecule has 1 aliphatic rings. The van der Waals surface area contributed by atoms with Gasteiger partial charge < -0.3 is 14.6 Å². The zero-order valence-electron chi connectivity index (χ0n) is 19.3. The topological polar surface area (TPSA) is 90.1 Å². The fraction of sp³-hybridized carbons (Fsp3) is 0.269. The predicted molar refractivity (Wildman–Crippen MR) is 131 cm³/mol. The number of nitrogens with zero attached hydrogens (tertiary/aromatic N) is 2. The van der Waals surface area contributed by atoms with Crippen LogP contribution < -0.4 is 19.6 Å². The SMILES string of the molecule is CCCOc1ccccc1C1C(C(=O)OCC)=C(C)N=c2sc(=Cc3ccccc3O)c(=O)n21. The molecule has 0 amide bonds. The zero-order chi connectivity index (χ0) is 24.2. The number of fused-ring (bicyclic) bond motifs is 1. The number of hydrogen-bond donors (Lipinski definition) is 1. The number of carbonyl (C=O) groups is 1. The fourth-order valence-corrected chi connectivity index (χ4v) is 4.92. The second-order valence-electron chi connectivity index (χ2n) is 7.75. The van der Waals surface area contributed by atoms with Gasteiger partial charge in [0.05, 0.1) is 29.0 Å². The first-order valence-corrected chi connectivity index (χ1v) is 12.0. The Morgan fingerprint density at radius 2 is 1.91 bits per heavy atom. The number of benzene rings is 2. The number of aromatic nitrogens is 1. The van der Waals surface area contributed by atoms with Crippen LogP contribution >= 0.6 is 11.3 Å². The molecule has 0 saturated heterocycles. The predicted octanol–water partition coefficient (Wildman–Crippen LogP) is 3.29. The van der Waals surface area contributed by atoms with E-state index in [4.69, 9.17) is 9.47 Å². The van der Waals surface area contributed by atoms with E-state index in [1.807, 2.05) is 31.2 Å². The summed E-state index contributed by atoms with van der Waals surface area (Å²) in [6.07, 6.45) is 2.45. The Morgan fingerprint density at radius 3 is 2.65 bits per heavy atom. The minimum absolute atomic E-state index is 0.0755. The number of phenolic OH excluding ortho intramolecular Hbond substituents is 1. The molecule has 1 unspecified atom stereocenters. The van der Waals surface area contributed by atoms with Gasteiger partial charge in [0.15, 0.2) is 4.80 Å². The number of ether oxygens (including phenoxy) is 2. The molecule has 8 heteroatoms. The third kappa shape index (κ3) is 4.41. The van der Waals surface area contributed by atoms with E-state index in [0.29, 0.717) is 44.1 Å². The lowest BCUT2D eigenvalue weighted by Gasteiger charge is -2.26. The first-order chi connectivity index (χ1) is 16.5. The number of allylic oxidation sites excluding steroid dienone is 1. The summed E-state index contributed by atoms with van der Waals surface area (Å²) in [6, 6.07) is 13.4. The molecule has 0 radical (unpaired) electrons. The van der Waals surface area contributed by atoms with Gasteiger partial charge in [-0.15, -0.1) is 0 Å². The van der Waals surface area contributed by atoms with Crippen molar-refractivity contribution < 1.29 is 19.4 Å². The van der Waals surface area contributed by atoms with E-state index in [2.05, 4.69) is 4.99 Å². The highest BCUT2D eigenvalue weighted by molar-refractivity contribution is 7.07. The van der Waals surface area contributed by atoms with E-state index in [-0.39, 0.29) is 17.9 Å². The van der Waals surface area contributed by atoms with Crippen molar-refractivity contribution in [1.82, 2.24) is 4.57 Å².